The number of nitrogens with one attached hydrogen (secondary N) is 1. The van der Waals surface area contributed by atoms with Crippen molar-refractivity contribution in [3.63, 3.8) is 0 Å². The zero-order chi connectivity index (χ0) is 15.4. The second kappa shape index (κ2) is 6.95. The molecule has 1 aromatic rings. The summed E-state index contributed by atoms with van der Waals surface area (Å²) in [5.41, 5.74) is 0.409. The Hall–Kier alpha value is -1.53. The van der Waals surface area contributed by atoms with Gasteiger partial charge in [0, 0.05) is 38.3 Å². The summed E-state index contributed by atoms with van der Waals surface area (Å²) >= 11 is 11.6. The molecule has 1 fully saturated rings. The third-order valence-corrected chi connectivity index (χ3v) is 3.58. The maximum absolute atomic E-state index is 12.4. The molecule has 1 N–H and O–H groups in total. The fraction of sp³-hybridized carbons (Fsp3) is 0.462. The molecule has 0 aromatic carbocycles. The van der Waals surface area contributed by atoms with Gasteiger partial charge in [-0.2, -0.15) is 0 Å². The van der Waals surface area contributed by atoms with Crippen LogP contribution in [-0.2, 0) is 0 Å². The normalized spacial score (nSPS) is 15.0. The molecule has 3 amide bonds. The molecule has 0 radical (unpaired) electrons. The van der Waals surface area contributed by atoms with Crippen LogP contribution in [0.5, 0.6) is 0 Å². The molecule has 1 aliphatic heterocycles. The summed E-state index contributed by atoms with van der Waals surface area (Å²) in [5, 5.41) is 3.12. The third-order valence-electron chi connectivity index (χ3n) is 3.19. The van der Waals surface area contributed by atoms with E-state index in [9.17, 15) is 9.59 Å². The first-order chi connectivity index (χ1) is 10.0. The number of rotatable bonds is 2. The van der Waals surface area contributed by atoms with E-state index in [-0.39, 0.29) is 22.2 Å². The number of aromatic nitrogens is 1. The quantitative estimate of drug-likeness (QED) is 0.842. The molecular weight excluding hydrogens is 315 g/mol. The Kier molecular flexibility index (Phi) is 5.25. The topological polar surface area (TPSA) is 65.5 Å². The van der Waals surface area contributed by atoms with Crippen LogP contribution in [0, 0.1) is 0 Å². The molecule has 1 aromatic heterocycles. The number of piperazine rings is 1. The molecule has 0 bridgehead atoms. The van der Waals surface area contributed by atoms with Crippen LogP contribution in [0.4, 0.5) is 4.79 Å². The second-order valence-electron chi connectivity index (χ2n) is 4.62. The average Bonchev–Trinajstić information content (AvgIpc) is 2.46. The third kappa shape index (κ3) is 3.98. The van der Waals surface area contributed by atoms with Crippen molar-refractivity contribution in [2.75, 3.05) is 32.7 Å². The number of urea groups is 1. The Labute approximate surface area is 133 Å². The van der Waals surface area contributed by atoms with Crippen molar-refractivity contribution in [2.24, 2.45) is 0 Å². The highest BCUT2D eigenvalue weighted by atomic mass is 35.5. The molecule has 21 heavy (non-hydrogen) atoms. The molecule has 0 unspecified atom stereocenters. The van der Waals surface area contributed by atoms with Crippen LogP contribution in [0.3, 0.4) is 0 Å². The maximum atomic E-state index is 12.4. The molecule has 1 saturated heterocycles. The fourth-order valence-corrected chi connectivity index (χ4v) is 2.61. The smallest absolute Gasteiger partial charge is 0.317 e. The largest absolute Gasteiger partial charge is 0.338 e. The van der Waals surface area contributed by atoms with E-state index in [4.69, 9.17) is 23.2 Å². The summed E-state index contributed by atoms with van der Waals surface area (Å²) in [7, 11) is 0. The summed E-state index contributed by atoms with van der Waals surface area (Å²) in [6.07, 6.45) is 0. The predicted octanol–water partition coefficient (Wildman–Crippen LogP) is 1.88. The molecule has 2 heterocycles. The van der Waals surface area contributed by atoms with Crippen LogP contribution in [0.25, 0.3) is 0 Å². The Morgan fingerprint density at radius 1 is 1.14 bits per heavy atom. The summed E-state index contributed by atoms with van der Waals surface area (Å²) in [5.74, 6) is -0.156. The number of amides is 3. The molecule has 114 valence electrons. The Bertz CT molecular complexity index is 525. The minimum absolute atomic E-state index is 0.0976. The van der Waals surface area contributed by atoms with Gasteiger partial charge in [0.25, 0.3) is 5.91 Å². The molecule has 1 aliphatic rings. The first kappa shape index (κ1) is 15.9. The lowest BCUT2D eigenvalue weighted by Gasteiger charge is -2.34. The average molecular weight is 331 g/mol. The van der Waals surface area contributed by atoms with Gasteiger partial charge in [-0.3, -0.25) is 4.79 Å². The van der Waals surface area contributed by atoms with Crippen LogP contribution in [0.2, 0.25) is 10.3 Å². The molecule has 6 nitrogen and oxygen atoms in total. The second-order valence-corrected chi connectivity index (χ2v) is 5.39. The minimum Gasteiger partial charge on any atom is -0.338 e. The van der Waals surface area contributed by atoms with Crippen molar-refractivity contribution in [3.05, 3.63) is 28.0 Å². The first-order valence-corrected chi connectivity index (χ1v) is 7.42. The Balaban J connectivity index is 1.98. The first-order valence-electron chi connectivity index (χ1n) is 6.66. The standard InChI is InChI=1S/C13H16Cl2N4O2/c1-2-16-13(21)19-5-3-18(4-6-19)12(20)9-7-10(14)17-11(15)8-9/h7-8H,2-6H2,1H3,(H,16,21). The van der Waals surface area contributed by atoms with Crippen LogP contribution >= 0.6 is 23.2 Å². The highest BCUT2D eigenvalue weighted by molar-refractivity contribution is 6.33. The van der Waals surface area contributed by atoms with E-state index < -0.39 is 0 Å². The number of carbonyl (C=O) groups excluding carboxylic acids is 2. The molecule has 2 rings (SSSR count). The molecule has 8 heteroatoms. The van der Waals surface area contributed by atoms with Crippen LogP contribution < -0.4 is 5.32 Å². The van der Waals surface area contributed by atoms with Crippen molar-refractivity contribution >= 4 is 35.1 Å². The van der Waals surface area contributed by atoms with E-state index in [1.54, 1.807) is 9.80 Å². The monoisotopic (exact) mass is 330 g/mol. The van der Waals surface area contributed by atoms with Gasteiger partial charge in [-0.1, -0.05) is 23.2 Å². The van der Waals surface area contributed by atoms with Crippen molar-refractivity contribution in [1.29, 1.82) is 0 Å². The highest BCUT2D eigenvalue weighted by Crippen LogP contribution is 2.17. The molecule has 0 atom stereocenters. The lowest BCUT2D eigenvalue weighted by atomic mass is 10.2. The van der Waals surface area contributed by atoms with Gasteiger partial charge in [-0.15, -0.1) is 0 Å². The van der Waals surface area contributed by atoms with E-state index in [1.807, 2.05) is 6.92 Å². The minimum atomic E-state index is -0.156. The van der Waals surface area contributed by atoms with E-state index in [0.29, 0.717) is 38.3 Å². The summed E-state index contributed by atoms with van der Waals surface area (Å²) in [6, 6.07) is 2.89. The van der Waals surface area contributed by atoms with E-state index in [2.05, 4.69) is 10.3 Å². The number of hydrogen-bond acceptors (Lipinski definition) is 3. The predicted molar refractivity (Wildman–Crippen MR) is 80.8 cm³/mol. The van der Waals surface area contributed by atoms with Crippen LogP contribution in [-0.4, -0.2) is 59.4 Å². The number of hydrogen-bond donors (Lipinski definition) is 1. The van der Waals surface area contributed by atoms with Gasteiger partial charge < -0.3 is 15.1 Å². The summed E-state index contributed by atoms with van der Waals surface area (Å²) in [4.78, 5) is 31.3. The van der Waals surface area contributed by atoms with Crippen molar-refractivity contribution in [1.82, 2.24) is 20.1 Å². The fourth-order valence-electron chi connectivity index (χ4n) is 2.15. The number of pyridine rings is 1. The summed E-state index contributed by atoms with van der Waals surface area (Å²) < 4.78 is 0. The van der Waals surface area contributed by atoms with Crippen molar-refractivity contribution < 1.29 is 9.59 Å². The van der Waals surface area contributed by atoms with Gasteiger partial charge in [0.1, 0.15) is 10.3 Å². The van der Waals surface area contributed by atoms with E-state index in [1.165, 1.54) is 12.1 Å². The number of nitrogens with zero attached hydrogens (tertiary/aromatic N) is 3. The Morgan fingerprint density at radius 2 is 1.67 bits per heavy atom. The van der Waals surface area contributed by atoms with Crippen molar-refractivity contribution in [3.8, 4) is 0 Å². The van der Waals surface area contributed by atoms with Gasteiger partial charge in [-0.05, 0) is 19.1 Å². The van der Waals surface area contributed by atoms with Crippen LogP contribution in [0.15, 0.2) is 12.1 Å². The summed E-state index contributed by atoms with van der Waals surface area (Å²) in [6.45, 7) is 4.43. The Morgan fingerprint density at radius 3 is 2.19 bits per heavy atom. The van der Waals surface area contributed by atoms with Gasteiger partial charge in [0.05, 0.1) is 0 Å². The molecular formula is C13H16Cl2N4O2. The lowest BCUT2D eigenvalue weighted by molar-refractivity contribution is 0.0665. The molecule has 0 aliphatic carbocycles. The molecule has 0 spiro atoms. The lowest BCUT2D eigenvalue weighted by Crippen LogP contribution is -2.53. The van der Waals surface area contributed by atoms with Crippen LogP contribution in [0.1, 0.15) is 17.3 Å². The van der Waals surface area contributed by atoms with E-state index in [0.717, 1.165) is 0 Å². The zero-order valence-electron chi connectivity index (χ0n) is 11.6. The zero-order valence-corrected chi connectivity index (χ0v) is 13.1. The molecule has 0 saturated carbocycles. The van der Waals surface area contributed by atoms with E-state index >= 15 is 0 Å². The SMILES string of the molecule is CCNC(=O)N1CCN(C(=O)c2cc(Cl)nc(Cl)c2)CC1. The maximum Gasteiger partial charge on any atom is 0.317 e. The van der Waals surface area contributed by atoms with Gasteiger partial charge in [-0.25, -0.2) is 9.78 Å². The number of carbonyl (C=O) groups is 2. The highest BCUT2D eigenvalue weighted by Gasteiger charge is 2.25. The van der Waals surface area contributed by atoms with Gasteiger partial charge >= 0.3 is 6.03 Å². The number of halogens is 2. The van der Waals surface area contributed by atoms with Crippen molar-refractivity contribution in [2.45, 2.75) is 6.92 Å². The van der Waals surface area contributed by atoms with Gasteiger partial charge in [0.15, 0.2) is 0 Å². The van der Waals surface area contributed by atoms with Gasteiger partial charge in [0.2, 0.25) is 0 Å².